The number of hydrogen-bond donors (Lipinski definition) is 1. The first kappa shape index (κ1) is 19.2. The van der Waals surface area contributed by atoms with E-state index in [1.54, 1.807) is 0 Å². The highest BCUT2D eigenvalue weighted by Gasteiger charge is 2.16. The standard InChI is InChI=1S/C23H26N4O2/c1-17-13-15-27(16-14-17)20-9-7-19(8-10-20)24-21(28)11-12-22-25-23(26-29-22)18-5-3-2-4-6-18/h2-10,17H,11-16H2,1H3,(H,24,28). The Morgan fingerprint density at radius 1 is 1.10 bits per heavy atom. The number of nitrogens with one attached hydrogen (secondary N) is 1. The Morgan fingerprint density at radius 2 is 1.83 bits per heavy atom. The van der Waals surface area contributed by atoms with E-state index in [4.69, 9.17) is 4.52 Å². The first-order chi connectivity index (χ1) is 14.2. The third-order valence-electron chi connectivity index (χ3n) is 5.37. The largest absolute Gasteiger partial charge is 0.372 e. The molecule has 0 saturated carbocycles. The van der Waals surface area contributed by atoms with E-state index >= 15 is 0 Å². The monoisotopic (exact) mass is 390 g/mol. The molecule has 1 saturated heterocycles. The van der Waals surface area contributed by atoms with Crippen LogP contribution in [0.2, 0.25) is 0 Å². The zero-order chi connectivity index (χ0) is 20.1. The van der Waals surface area contributed by atoms with Crippen LogP contribution in [0.5, 0.6) is 0 Å². The zero-order valence-electron chi connectivity index (χ0n) is 16.7. The fourth-order valence-corrected chi connectivity index (χ4v) is 3.53. The molecule has 1 amide bonds. The van der Waals surface area contributed by atoms with Crippen LogP contribution in [0, 0.1) is 5.92 Å². The van der Waals surface area contributed by atoms with E-state index < -0.39 is 0 Å². The van der Waals surface area contributed by atoms with E-state index in [1.165, 1.54) is 18.5 Å². The number of nitrogens with zero attached hydrogens (tertiary/aromatic N) is 3. The van der Waals surface area contributed by atoms with E-state index in [0.717, 1.165) is 30.3 Å². The van der Waals surface area contributed by atoms with E-state index in [9.17, 15) is 4.79 Å². The van der Waals surface area contributed by atoms with Crippen molar-refractivity contribution >= 4 is 17.3 Å². The Labute approximate surface area is 170 Å². The van der Waals surface area contributed by atoms with Gasteiger partial charge in [0.1, 0.15) is 0 Å². The molecule has 1 aliphatic heterocycles. The molecule has 1 aliphatic rings. The van der Waals surface area contributed by atoms with Crippen LogP contribution in [0.15, 0.2) is 59.1 Å². The van der Waals surface area contributed by atoms with E-state index in [1.807, 2.05) is 42.5 Å². The van der Waals surface area contributed by atoms with Gasteiger partial charge in [-0.3, -0.25) is 4.79 Å². The van der Waals surface area contributed by atoms with Gasteiger partial charge in [-0.25, -0.2) is 0 Å². The van der Waals surface area contributed by atoms with Crippen molar-refractivity contribution in [2.45, 2.75) is 32.6 Å². The van der Waals surface area contributed by atoms with Crippen molar-refractivity contribution in [3.8, 4) is 11.4 Å². The average Bonchev–Trinajstić information content (AvgIpc) is 3.23. The second kappa shape index (κ2) is 8.90. The third-order valence-corrected chi connectivity index (χ3v) is 5.37. The van der Waals surface area contributed by atoms with Crippen molar-refractivity contribution in [3.05, 3.63) is 60.5 Å². The molecule has 4 rings (SSSR count). The SMILES string of the molecule is CC1CCN(c2ccc(NC(=O)CCc3nc(-c4ccccc4)no3)cc2)CC1. The second-order valence-corrected chi connectivity index (χ2v) is 7.64. The summed E-state index contributed by atoms with van der Waals surface area (Å²) >= 11 is 0. The van der Waals surface area contributed by atoms with Crippen molar-refractivity contribution in [2.75, 3.05) is 23.3 Å². The minimum atomic E-state index is -0.0657. The molecular weight excluding hydrogens is 364 g/mol. The zero-order valence-corrected chi connectivity index (χ0v) is 16.7. The molecule has 0 spiro atoms. The highest BCUT2D eigenvalue weighted by Crippen LogP contribution is 2.24. The molecular formula is C23H26N4O2. The maximum atomic E-state index is 12.3. The fourth-order valence-electron chi connectivity index (χ4n) is 3.53. The van der Waals surface area contributed by atoms with Crippen molar-refractivity contribution in [2.24, 2.45) is 5.92 Å². The van der Waals surface area contributed by atoms with Gasteiger partial charge >= 0.3 is 0 Å². The molecule has 2 aromatic carbocycles. The van der Waals surface area contributed by atoms with Gasteiger partial charge in [0, 0.05) is 42.9 Å². The molecule has 3 aromatic rings. The summed E-state index contributed by atoms with van der Waals surface area (Å²) in [5, 5.41) is 6.93. The number of carbonyl (C=O) groups excluding carboxylic acids is 1. The molecule has 150 valence electrons. The van der Waals surface area contributed by atoms with Crippen LogP contribution >= 0.6 is 0 Å². The summed E-state index contributed by atoms with van der Waals surface area (Å²) in [6.07, 6.45) is 3.18. The van der Waals surface area contributed by atoms with Gasteiger partial charge in [-0.2, -0.15) is 4.98 Å². The number of aromatic nitrogens is 2. The Bertz CT molecular complexity index is 929. The maximum absolute atomic E-state index is 12.3. The van der Waals surface area contributed by atoms with Crippen molar-refractivity contribution in [1.82, 2.24) is 10.1 Å². The maximum Gasteiger partial charge on any atom is 0.227 e. The Hall–Kier alpha value is -3.15. The number of amides is 1. The number of carbonyl (C=O) groups is 1. The Kier molecular flexibility index (Phi) is 5.89. The summed E-state index contributed by atoms with van der Waals surface area (Å²) in [5.74, 6) is 1.76. The Morgan fingerprint density at radius 3 is 2.55 bits per heavy atom. The number of hydrogen-bond acceptors (Lipinski definition) is 5. The molecule has 2 heterocycles. The second-order valence-electron chi connectivity index (χ2n) is 7.64. The summed E-state index contributed by atoms with van der Waals surface area (Å²) in [6.45, 7) is 4.51. The van der Waals surface area contributed by atoms with Crippen LogP contribution in [0.25, 0.3) is 11.4 Å². The van der Waals surface area contributed by atoms with Crippen LogP contribution < -0.4 is 10.2 Å². The smallest absolute Gasteiger partial charge is 0.227 e. The topological polar surface area (TPSA) is 71.3 Å². The molecule has 0 radical (unpaired) electrons. The van der Waals surface area contributed by atoms with Gasteiger partial charge in [0.15, 0.2) is 0 Å². The van der Waals surface area contributed by atoms with Crippen LogP contribution in [0.4, 0.5) is 11.4 Å². The summed E-state index contributed by atoms with van der Waals surface area (Å²) in [7, 11) is 0. The van der Waals surface area contributed by atoms with E-state index in [2.05, 4.69) is 39.4 Å². The molecule has 1 fully saturated rings. The predicted molar refractivity (Wildman–Crippen MR) is 114 cm³/mol. The van der Waals surface area contributed by atoms with Crippen molar-refractivity contribution in [3.63, 3.8) is 0 Å². The lowest BCUT2D eigenvalue weighted by Crippen LogP contribution is -2.32. The average molecular weight is 390 g/mol. The first-order valence-electron chi connectivity index (χ1n) is 10.2. The molecule has 0 aliphatic carbocycles. The van der Waals surface area contributed by atoms with E-state index in [0.29, 0.717) is 24.6 Å². The highest BCUT2D eigenvalue weighted by molar-refractivity contribution is 5.90. The molecule has 0 atom stereocenters. The van der Waals surface area contributed by atoms with Gasteiger partial charge in [0.25, 0.3) is 0 Å². The van der Waals surface area contributed by atoms with Crippen molar-refractivity contribution in [1.29, 1.82) is 0 Å². The minimum absolute atomic E-state index is 0.0657. The van der Waals surface area contributed by atoms with E-state index in [-0.39, 0.29) is 5.91 Å². The lowest BCUT2D eigenvalue weighted by molar-refractivity contribution is -0.116. The van der Waals surface area contributed by atoms with Gasteiger partial charge < -0.3 is 14.7 Å². The quantitative estimate of drug-likeness (QED) is 0.669. The summed E-state index contributed by atoms with van der Waals surface area (Å²) in [6, 6.07) is 17.7. The molecule has 29 heavy (non-hydrogen) atoms. The normalized spacial score (nSPS) is 14.7. The number of aryl methyl sites for hydroxylation is 1. The summed E-state index contributed by atoms with van der Waals surface area (Å²) in [5.41, 5.74) is 2.92. The van der Waals surface area contributed by atoms with Gasteiger partial charge in [0.2, 0.25) is 17.6 Å². The van der Waals surface area contributed by atoms with Gasteiger partial charge in [-0.1, -0.05) is 42.4 Å². The third kappa shape index (κ3) is 5.02. The molecule has 6 heteroatoms. The number of benzene rings is 2. The first-order valence-corrected chi connectivity index (χ1v) is 10.2. The molecule has 6 nitrogen and oxygen atoms in total. The molecule has 0 unspecified atom stereocenters. The van der Waals surface area contributed by atoms with Crippen LogP contribution in [0.1, 0.15) is 32.1 Å². The minimum Gasteiger partial charge on any atom is -0.372 e. The highest BCUT2D eigenvalue weighted by atomic mass is 16.5. The number of anilines is 2. The number of rotatable bonds is 6. The van der Waals surface area contributed by atoms with Crippen molar-refractivity contribution < 1.29 is 9.32 Å². The summed E-state index contributed by atoms with van der Waals surface area (Å²) < 4.78 is 5.26. The summed E-state index contributed by atoms with van der Waals surface area (Å²) in [4.78, 5) is 19.0. The lowest BCUT2D eigenvalue weighted by Gasteiger charge is -2.32. The van der Waals surface area contributed by atoms with Gasteiger partial charge in [0.05, 0.1) is 0 Å². The fraction of sp³-hybridized carbons (Fsp3) is 0.348. The van der Waals surface area contributed by atoms with Crippen LogP contribution in [-0.2, 0) is 11.2 Å². The van der Waals surface area contributed by atoms with Crippen LogP contribution in [0.3, 0.4) is 0 Å². The van der Waals surface area contributed by atoms with Gasteiger partial charge in [-0.15, -0.1) is 0 Å². The molecule has 1 aromatic heterocycles. The molecule has 0 bridgehead atoms. The van der Waals surface area contributed by atoms with Gasteiger partial charge in [-0.05, 0) is 43.0 Å². The number of piperidine rings is 1. The Balaban J connectivity index is 1.27. The van der Waals surface area contributed by atoms with Crippen LogP contribution in [-0.4, -0.2) is 29.1 Å². The molecule has 1 N–H and O–H groups in total. The lowest BCUT2D eigenvalue weighted by atomic mass is 9.99. The predicted octanol–water partition coefficient (Wildman–Crippen LogP) is 4.54.